The zero-order chi connectivity index (χ0) is 2.83. The summed E-state index contributed by atoms with van der Waals surface area (Å²) < 4.78 is 4.67. The standard InChI is InChI=1S/C3H3.Cd.Pb.H/c1-3-2;;;/h1-3H;;;. The molecule has 22 valence electrons. The molecule has 0 nitrogen and oxygen atoms in total. The summed E-state index contributed by atoms with van der Waals surface area (Å²) in [5, 5.41) is 0. The van der Waals surface area contributed by atoms with Gasteiger partial charge in [-0.25, -0.2) is 0 Å². The second-order valence-corrected chi connectivity index (χ2v) is 5.26. The Balaban J connectivity index is 0.000000160. The Morgan fingerprint density at radius 2 is 1.60 bits per heavy atom. The van der Waals surface area contributed by atoms with E-state index in [1.54, 1.807) is 0 Å². The molecule has 0 aromatic carbocycles. The molecule has 0 radical (unpaired) electrons. The summed E-state index contributed by atoms with van der Waals surface area (Å²) in [7, 11) is 0. The predicted octanol–water partition coefficient (Wildman–Crippen LogP) is -0.250. The van der Waals surface area contributed by atoms with Crippen molar-refractivity contribution in [2.45, 2.75) is 0 Å². The minimum absolute atomic E-state index is 0. The molecular weight excluding hydrogens is 356 g/mol. The molecule has 1 heterocycles. The maximum atomic E-state index is 2.33. The molecule has 0 aromatic rings. The molecule has 0 spiro atoms. The summed E-state index contributed by atoms with van der Waals surface area (Å²) in [6.45, 7) is 0. The van der Waals surface area contributed by atoms with Crippen LogP contribution in [0.4, 0.5) is 0 Å². The topological polar surface area (TPSA) is 0 Å². The van der Waals surface area contributed by atoms with Gasteiger partial charge in [-0.3, -0.25) is 0 Å². The van der Waals surface area contributed by atoms with E-state index in [4.69, 9.17) is 0 Å². The molecule has 1 aliphatic rings. The molecule has 1 aliphatic heterocycles. The van der Waals surface area contributed by atoms with Crippen molar-refractivity contribution in [1.82, 2.24) is 0 Å². The van der Waals surface area contributed by atoms with Crippen LogP contribution >= 0.6 is 0 Å². The minimum Gasteiger partial charge on any atom is 0 e. The largest absolute Gasteiger partial charge is 0 e. The van der Waals surface area contributed by atoms with Crippen LogP contribution in [-0.2, 0) is 27.3 Å². The van der Waals surface area contributed by atoms with E-state index in [9.17, 15) is 0 Å². The van der Waals surface area contributed by atoms with Crippen LogP contribution in [0.1, 0.15) is 0 Å². The molecule has 0 bridgehead atoms. The zero-order valence-corrected chi connectivity index (χ0v) is 11.5. The van der Waals surface area contributed by atoms with E-state index < -0.39 is 0 Å². The molecule has 0 unspecified atom stereocenters. The van der Waals surface area contributed by atoms with Crippen molar-refractivity contribution in [2.24, 2.45) is 0 Å². The molecule has 1 rings (SSSR count). The molecule has 0 saturated carbocycles. The van der Waals surface area contributed by atoms with E-state index in [1.165, 1.54) is 0 Å². The van der Waals surface area contributed by atoms with Crippen molar-refractivity contribution >= 4 is 27.3 Å². The third kappa shape index (κ3) is 2.19. The van der Waals surface area contributed by atoms with Crippen molar-refractivity contribution < 1.29 is 27.3 Å². The van der Waals surface area contributed by atoms with Crippen LogP contribution in [0.2, 0.25) is 0 Å². The fraction of sp³-hybridized carbons (Fsp3) is 0. The van der Waals surface area contributed by atoms with Crippen LogP contribution in [0, 0.1) is 0 Å². The van der Waals surface area contributed by atoms with Gasteiger partial charge >= 0.3 is 37.0 Å². The van der Waals surface area contributed by atoms with Gasteiger partial charge in [0.05, 0.1) is 0 Å². The SMILES string of the molecule is C1=[CH][PbH]=[CH]1.[Cd]. The second kappa shape index (κ2) is 3.64. The van der Waals surface area contributed by atoms with Crippen molar-refractivity contribution in [1.29, 1.82) is 0 Å². The van der Waals surface area contributed by atoms with Crippen molar-refractivity contribution in [3.8, 4) is 0 Å². The first-order valence-corrected chi connectivity index (χ1v) is 6.52. The first-order chi connectivity index (χ1) is 2.00. The molecule has 0 atom stereocenters. The van der Waals surface area contributed by atoms with Crippen LogP contribution < -0.4 is 0 Å². The van der Waals surface area contributed by atoms with E-state index in [1.807, 2.05) is 0 Å². The van der Waals surface area contributed by atoms with Crippen molar-refractivity contribution in [2.75, 3.05) is 0 Å². The van der Waals surface area contributed by atoms with E-state index in [2.05, 4.69) is 13.3 Å². The van der Waals surface area contributed by atoms with Crippen LogP contribution in [-0.4, -0.2) is 27.3 Å². The van der Waals surface area contributed by atoms with Gasteiger partial charge in [-0.2, -0.15) is 0 Å². The Morgan fingerprint density at radius 3 is 1.60 bits per heavy atom. The minimum atomic E-state index is -0.148. The fourth-order valence-corrected chi connectivity index (χ4v) is 0.975. The van der Waals surface area contributed by atoms with Gasteiger partial charge in [-0.05, 0) is 0 Å². The maximum Gasteiger partial charge on any atom is 0 e. The summed E-state index contributed by atoms with van der Waals surface area (Å²) >= 11 is -0.148. The number of allylic oxidation sites excluding steroid dienone is 1. The number of hydrogen-bond donors (Lipinski definition) is 0. The summed E-state index contributed by atoms with van der Waals surface area (Å²) in [6, 6.07) is 0. The van der Waals surface area contributed by atoms with Crippen molar-refractivity contribution in [3.63, 3.8) is 0 Å². The van der Waals surface area contributed by atoms with Crippen LogP contribution in [0.3, 0.4) is 0 Å². The van der Waals surface area contributed by atoms with Crippen LogP contribution in [0.5, 0.6) is 0 Å². The molecule has 5 heavy (non-hydrogen) atoms. The Bertz CT molecular complexity index is 47.3. The summed E-state index contributed by atoms with van der Waals surface area (Å²) in [6.07, 6.45) is 2.15. The molecular formula is C3H4CdPb. The van der Waals surface area contributed by atoms with Gasteiger partial charge in [0.2, 0.25) is 0 Å². The van der Waals surface area contributed by atoms with E-state index >= 15 is 0 Å². The Kier molecular flexibility index (Phi) is 4.70. The monoisotopic (exact) mass is 362 g/mol. The Hall–Kier alpha value is 1.45. The molecule has 0 saturated heterocycles. The van der Waals surface area contributed by atoms with Gasteiger partial charge in [0.1, 0.15) is 0 Å². The van der Waals surface area contributed by atoms with E-state index in [-0.39, 0.29) is 51.0 Å². The van der Waals surface area contributed by atoms with E-state index in [0.717, 1.165) is 0 Å². The van der Waals surface area contributed by atoms with Gasteiger partial charge in [-0.1, -0.05) is 0 Å². The van der Waals surface area contributed by atoms with Crippen LogP contribution in [0.25, 0.3) is 0 Å². The second-order valence-electron chi connectivity index (χ2n) is 0.770. The van der Waals surface area contributed by atoms with Gasteiger partial charge in [-0.15, -0.1) is 0 Å². The fourth-order valence-electron chi connectivity index (χ4n) is 0.111. The molecule has 0 N–H and O–H groups in total. The Morgan fingerprint density at radius 1 is 1.40 bits per heavy atom. The maximum absolute atomic E-state index is 2.33. The molecule has 2 heteroatoms. The summed E-state index contributed by atoms with van der Waals surface area (Å²) in [5.41, 5.74) is 0. The van der Waals surface area contributed by atoms with Gasteiger partial charge in [0.15, 0.2) is 0 Å². The third-order valence-electron chi connectivity index (χ3n) is 0.444. The quantitative estimate of drug-likeness (QED) is 0.523. The summed E-state index contributed by atoms with van der Waals surface area (Å²) in [5.74, 6) is 0. The molecule has 0 amide bonds. The first-order valence-electron chi connectivity index (χ1n) is 1.33. The zero-order valence-electron chi connectivity index (χ0n) is 3.02. The average molecular weight is 360 g/mol. The van der Waals surface area contributed by atoms with E-state index in [0.29, 0.717) is 0 Å². The van der Waals surface area contributed by atoms with Gasteiger partial charge < -0.3 is 0 Å². The molecule has 0 aliphatic carbocycles. The van der Waals surface area contributed by atoms with Gasteiger partial charge in [0.25, 0.3) is 0 Å². The smallest absolute Gasteiger partial charge is 0 e. The van der Waals surface area contributed by atoms with Crippen molar-refractivity contribution in [3.05, 3.63) is 9.71 Å². The Labute approximate surface area is 63.5 Å². The summed E-state index contributed by atoms with van der Waals surface area (Å²) in [4.78, 5) is 0. The first kappa shape index (κ1) is 6.45. The van der Waals surface area contributed by atoms with Crippen LogP contribution in [0.15, 0.2) is 9.71 Å². The normalized spacial score (nSPS) is 12.8. The predicted molar refractivity (Wildman–Crippen MR) is 22.4 cm³/mol. The molecule has 0 fully saturated rings. The number of rotatable bonds is 0. The van der Waals surface area contributed by atoms with Gasteiger partial charge in [0, 0.05) is 27.3 Å². The third-order valence-corrected chi connectivity index (χ3v) is 3.90. The average Bonchev–Trinajstić information content (AvgIpc) is 0.722. The number of hydrogen-bond acceptors (Lipinski definition) is 0. The molecule has 0 aromatic heterocycles.